The van der Waals surface area contributed by atoms with Gasteiger partial charge in [-0.25, -0.2) is 0 Å². The van der Waals surface area contributed by atoms with Crippen LogP contribution in [0, 0.1) is 0 Å². The van der Waals surface area contributed by atoms with Crippen LogP contribution in [-0.4, -0.2) is 25.3 Å². The minimum Gasteiger partial charge on any atom is -0.513 e. The van der Waals surface area contributed by atoms with Gasteiger partial charge in [-0.1, -0.05) is 0 Å². The predicted molar refractivity (Wildman–Crippen MR) is 60.5 cm³/mol. The molecule has 1 heterocycles. The van der Waals surface area contributed by atoms with Crippen LogP contribution in [0.25, 0.3) is 0 Å². The second-order valence-corrected chi connectivity index (χ2v) is 3.59. The topological polar surface area (TPSA) is 32.7 Å². The van der Waals surface area contributed by atoms with Crippen LogP contribution in [0.15, 0.2) is 36.1 Å². The Morgan fingerprint density at radius 3 is 2.53 bits per heavy atom. The van der Waals surface area contributed by atoms with Crippen LogP contribution in [-0.2, 0) is 0 Å². The molecule has 0 saturated carbocycles. The van der Waals surface area contributed by atoms with E-state index in [1.165, 1.54) is 5.69 Å². The summed E-state index contributed by atoms with van der Waals surface area (Å²) in [5.41, 5.74) is 1.17. The van der Waals surface area contributed by atoms with Crippen molar-refractivity contribution in [2.24, 2.45) is 0 Å². The van der Waals surface area contributed by atoms with Crippen molar-refractivity contribution in [2.45, 2.75) is 6.42 Å². The van der Waals surface area contributed by atoms with E-state index in [1.54, 1.807) is 7.11 Å². The van der Waals surface area contributed by atoms with Gasteiger partial charge in [0.15, 0.2) is 0 Å². The molecule has 0 spiro atoms. The molecule has 3 nitrogen and oxygen atoms in total. The van der Waals surface area contributed by atoms with Crippen molar-refractivity contribution >= 4 is 5.69 Å². The van der Waals surface area contributed by atoms with E-state index in [-0.39, 0.29) is 0 Å². The van der Waals surface area contributed by atoms with Gasteiger partial charge < -0.3 is 14.7 Å². The van der Waals surface area contributed by atoms with Gasteiger partial charge >= 0.3 is 0 Å². The maximum absolute atomic E-state index is 9.27. The molecule has 0 radical (unpaired) electrons. The summed E-state index contributed by atoms with van der Waals surface area (Å²) >= 11 is 0. The number of anilines is 1. The monoisotopic (exact) mass is 205 g/mol. The molecular weight excluding hydrogens is 190 g/mol. The smallest absolute Gasteiger partial charge is 0.119 e. The number of hydrogen-bond donors (Lipinski definition) is 1. The maximum atomic E-state index is 9.27. The SMILES string of the molecule is COc1ccc(N2CC=C(O)CC2)cc1. The normalized spacial score (nSPS) is 16.1. The highest BCUT2D eigenvalue weighted by atomic mass is 16.5. The van der Waals surface area contributed by atoms with Crippen LogP contribution >= 0.6 is 0 Å². The Hall–Kier alpha value is -1.64. The molecule has 0 amide bonds. The molecule has 1 N–H and O–H groups in total. The van der Waals surface area contributed by atoms with Crippen molar-refractivity contribution in [3.8, 4) is 5.75 Å². The van der Waals surface area contributed by atoms with Gasteiger partial charge in [0.05, 0.1) is 12.9 Å². The Bertz CT molecular complexity index is 356. The minimum atomic E-state index is 0.500. The summed E-state index contributed by atoms with van der Waals surface area (Å²) in [6, 6.07) is 7.98. The first-order valence-electron chi connectivity index (χ1n) is 5.06. The van der Waals surface area contributed by atoms with Gasteiger partial charge in [0.1, 0.15) is 5.75 Å². The van der Waals surface area contributed by atoms with E-state index in [0.717, 1.165) is 25.3 Å². The van der Waals surface area contributed by atoms with E-state index in [1.807, 2.05) is 30.3 Å². The van der Waals surface area contributed by atoms with Crippen molar-refractivity contribution < 1.29 is 9.84 Å². The third kappa shape index (κ3) is 2.24. The molecule has 1 aliphatic rings. The number of hydrogen-bond acceptors (Lipinski definition) is 3. The van der Waals surface area contributed by atoms with E-state index in [9.17, 15) is 5.11 Å². The van der Waals surface area contributed by atoms with Gasteiger partial charge in [-0.2, -0.15) is 0 Å². The molecule has 2 rings (SSSR count). The molecule has 80 valence electrons. The Morgan fingerprint density at radius 1 is 1.27 bits per heavy atom. The molecule has 0 bridgehead atoms. The predicted octanol–water partition coefficient (Wildman–Crippen LogP) is 2.35. The molecule has 0 atom stereocenters. The lowest BCUT2D eigenvalue weighted by Gasteiger charge is -2.26. The minimum absolute atomic E-state index is 0.500. The standard InChI is InChI=1S/C12H15NO2/c1-15-12-4-2-10(3-5-12)13-8-6-11(14)7-9-13/h2-6,14H,7-9H2,1H3. The molecule has 0 aliphatic carbocycles. The van der Waals surface area contributed by atoms with E-state index in [4.69, 9.17) is 4.74 Å². The highest BCUT2D eigenvalue weighted by Gasteiger charge is 2.10. The molecule has 15 heavy (non-hydrogen) atoms. The first kappa shape index (κ1) is 9.90. The highest BCUT2D eigenvalue weighted by molar-refractivity contribution is 5.50. The largest absolute Gasteiger partial charge is 0.513 e. The van der Waals surface area contributed by atoms with E-state index >= 15 is 0 Å². The second-order valence-electron chi connectivity index (χ2n) is 3.59. The van der Waals surface area contributed by atoms with Crippen LogP contribution in [0.2, 0.25) is 0 Å². The number of ether oxygens (including phenoxy) is 1. The lowest BCUT2D eigenvalue weighted by atomic mass is 10.2. The Balaban J connectivity index is 2.10. The molecule has 0 unspecified atom stereocenters. The first-order valence-corrected chi connectivity index (χ1v) is 5.06. The van der Waals surface area contributed by atoms with Gasteiger partial charge in [-0.05, 0) is 30.3 Å². The average Bonchev–Trinajstić information content (AvgIpc) is 2.30. The lowest BCUT2D eigenvalue weighted by Crippen LogP contribution is -2.28. The molecule has 1 aromatic carbocycles. The highest BCUT2D eigenvalue weighted by Crippen LogP contribution is 2.21. The third-order valence-corrected chi connectivity index (χ3v) is 2.62. The Kier molecular flexibility index (Phi) is 2.81. The summed E-state index contributed by atoms with van der Waals surface area (Å²) in [7, 11) is 1.66. The van der Waals surface area contributed by atoms with Crippen molar-refractivity contribution in [3.63, 3.8) is 0 Å². The zero-order valence-corrected chi connectivity index (χ0v) is 8.81. The number of benzene rings is 1. The van der Waals surface area contributed by atoms with Crippen LogP contribution < -0.4 is 9.64 Å². The van der Waals surface area contributed by atoms with E-state index in [2.05, 4.69) is 4.90 Å². The number of aliphatic hydroxyl groups excluding tert-OH is 1. The summed E-state index contributed by atoms with van der Waals surface area (Å²) < 4.78 is 5.10. The number of methoxy groups -OCH3 is 1. The fraction of sp³-hybridized carbons (Fsp3) is 0.333. The van der Waals surface area contributed by atoms with E-state index < -0.39 is 0 Å². The molecule has 0 fully saturated rings. The first-order chi connectivity index (χ1) is 7.29. The molecule has 0 aromatic heterocycles. The zero-order chi connectivity index (χ0) is 10.7. The van der Waals surface area contributed by atoms with Gasteiger partial charge in [0.25, 0.3) is 0 Å². The summed E-state index contributed by atoms with van der Waals surface area (Å²) in [5, 5.41) is 9.27. The summed E-state index contributed by atoms with van der Waals surface area (Å²) in [5.74, 6) is 1.37. The number of aliphatic hydroxyl groups is 1. The number of rotatable bonds is 2. The fourth-order valence-corrected chi connectivity index (χ4v) is 1.69. The quantitative estimate of drug-likeness (QED) is 0.804. The lowest BCUT2D eigenvalue weighted by molar-refractivity contribution is 0.379. The van der Waals surface area contributed by atoms with Crippen LogP contribution in [0.4, 0.5) is 5.69 Å². The molecule has 0 saturated heterocycles. The molecule has 3 heteroatoms. The van der Waals surface area contributed by atoms with E-state index in [0.29, 0.717) is 5.76 Å². The van der Waals surface area contributed by atoms with Gasteiger partial charge in [-0.3, -0.25) is 0 Å². The third-order valence-electron chi connectivity index (χ3n) is 2.62. The Morgan fingerprint density at radius 2 is 2.00 bits per heavy atom. The average molecular weight is 205 g/mol. The van der Waals surface area contributed by atoms with Crippen molar-refractivity contribution in [1.82, 2.24) is 0 Å². The fourth-order valence-electron chi connectivity index (χ4n) is 1.69. The second kappa shape index (κ2) is 4.26. The molecular formula is C12H15NO2. The summed E-state index contributed by atoms with van der Waals surface area (Å²) in [6.45, 7) is 1.65. The van der Waals surface area contributed by atoms with Crippen molar-refractivity contribution in [1.29, 1.82) is 0 Å². The van der Waals surface area contributed by atoms with Gasteiger partial charge in [-0.15, -0.1) is 0 Å². The number of nitrogens with zero attached hydrogens (tertiary/aromatic N) is 1. The van der Waals surface area contributed by atoms with Crippen molar-refractivity contribution in [2.75, 3.05) is 25.1 Å². The maximum Gasteiger partial charge on any atom is 0.119 e. The van der Waals surface area contributed by atoms with Crippen LogP contribution in [0.3, 0.4) is 0 Å². The van der Waals surface area contributed by atoms with Gasteiger partial charge in [0.2, 0.25) is 0 Å². The molecule has 1 aromatic rings. The summed E-state index contributed by atoms with van der Waals surface area (Å²) in [4.78, 5) is 2.22. The zero-order valence-electron chi connectivity index (χ0n) is 8.81. The summed E-state index contributed by atoms with van der Waals surface area (Å²) in [6.07, 6.45) is 2.58. The Labute approximate surface area is 89.6 Å². The van der Waals surface area contributed by atoms with Gasteiger partial charge in [0, 0.05) is 25.2 Å². The van der Waals surface area contributed by atoms with Crippen LogP contribution in [0.5, 0.6) is 5.75 Å². The van der Waals surface area contributed by atoms with Crippen LogP contribution in [0.1, 0.15) is 6.42 Å². The molecule has 1 aliphatic heterocycles. The van der Waals surface area contributed by atoms with Crippen molar-refractivity contribution in [3.05, 3.63) is 36.1 Å².